The van der Waals surface area contributed by atoms with E-state index in [1.165, 1.54) is 12.8 Å². The van der Waals surface area contributed by atoms with Gasteiger partial charge in [0.25, 0.3) is 0 Å². The van der Waals surface area contributed by atoms with E-state index in [9.17, 15) is 4.79 Å². The van der Waals surface area contributed by atoms with Crippen molar-refractivity contribution in [3.05, 3.63) is 29.3 Å². The molecule has 0 spiro atoms. The molecule has 0 bridgehead atoms. The SMILES string of the molecule is CC1CCN(Cc2ccc(C(N)=O)cc2N)CC1. The zero-order valence-electron chi connectivity index (χ0n) is 10.9. The second-order valence-electron chi connectivity index (χ2n) is 5.24. The maximum absolute atomic E-state index is 11.0. The normalized spacial score (nSPS) is 17.8. The number of nitrogens with two attached hydrogens (primary N) is 2. The lowest BCUT2D eigenvalue weighted by Gasteiger charge is -2.30. The minimum Gasteiger partial charge on any atom is -0.398 e. The number of amides is 1. The topological polar surface area (TPSA) is 72.3 Å². The summed E-state index contributed by atoms with van der Waals surface area (Å²) in [5.41, 5.74) is 13.4. The molecule has 0 saturated carbocycles. The van der Waals surface area contributed by atoms with E-state index in [0.29, 0.717) is 11.3 Å². The van der Waals surface area contributed by atoms with Crippen LogP contribution in [0.15, 0.2) is 18.2 Å². The van der Waals surface area contributed by atoms with Crippen LogP contribution in [0.2, 0.25) is 0 Å². The van der Waals surface area contributed by atoms with E-state index in [0.717, 1.165) is 31.1 Å². The molecule has 4 nitrogen and oxygen atoms in total. The van der Waals surface area contributed by atoms with E-state index in [4.69, 9.17) is 11.5 Å². The predicted octanol–water partition coefficient (Wildman–Crippen LogP) is 1.60. The Balaban J connectivity index is 2.03. The molecule has 98 valence electrons. The van der Waals surface area contributed by atoms with E-state index < -0.39 is 5.91 Å². The van der Waals surface area contributed by atoms with Crippen LogP contribution in [0.4, 0.5) is 5.69 Å². The summed E-state index contributed by atoms with van der Waals surface area (Å²) in [4.78, 5) is 13.5. The molecule has 1 aliphatic heterocycles. The van der Waals surface area contributed by atoms with Gasteiger partial charge in [-0.15, -0.1) is 0 Å². The fraction of sp³-hybridized carbons (Fsp3) is 0.500. The molecule has 1 fully saturated rings. The molecule has 2 rings (SSSR count). The number of carbonyl (C=O) groups is 1. The van der Waals surface area contributed by atoms with Gasteiger partial charge >= 0.3 is 0 Å². The third-order valence-electron chi connectivity index (χ3n) is 3.70. The van der Waals surface area contributed by atoms with Gasteiger partial charge in [0.2, 0.25) is 5.91 Å². The molecule has 4 N–H and O–H groups in total. The van der Waals surface area contributed by atoms with Crippen LogP contribution in [0.5, 0.6) is 0 Å². The van der Waals surface area contributed by atoms with Crippen LogP contribution in [0, 0.1) is 5.92 Å². The number of nitrogen functional groups attached to an aromatic ring is 1. The van der Waals surface area contributed by atoms with Crippen LogP contribution in [0.25, 0.3) is 0 Å². The van der Waals surface area contributed by atoms with Crippen molar-refractivity contribution in [2.24, 2.45) is 11.7 Å². The molecular formula is C14H21N3O. The van der Waals surface area contributed by atoms with Gasteiger partial charge in [-0.05, 0) is 49.5 Å². The summed E-state index contributed by atoms with van der Waals surface area (Å²) in [6.45, 7) is 5.40. The first kappa shape index (κ1) is 12.9. The first-order chi connectivity index (χ1) is 8.56. The fourth-order valence-corrected chi connectivity index (χ4v) is 2.35. The molecule has 0 radical (unpaired) electrons. The standard InChI is InChI=1S/C14H21N3O/c1-10-4-6-17(7-5-10)9-12-3-2-11(14(16)18)8-13(12)15/h2-3,8,10H,4-7,9,15H2,1H3,(H2,16,18). The summed E-state index contributed by atoms with van der Waals surface area (Å²) in [7, 11) is 0. The van der Waals surface area contributed by atoms with Crippen LogP contribution < -0.4 is 11.5 Å². The van der Waals surface area contributed by atoms with Crippen molar-refractivity contribution in [3.8, 4) is 0 Å². The highest BCUT2D eigenvalue weighted by molar-refractivity contribution is 5.93. The van der Waals surface area contributed by atoms with E-state index in [1.807, 2.05) is 6.07 Å². The third-order valence-corrected chi connectivity index (χ3v) is 3.70. The molecule has 0 aliphatic carbocycles. The Bertz CT molecular complexity index is 437. The van der Waals surface area contributed by atoms with Crippen LogP contribution in [0.3, 0.4) is 0 Å². The van der Waals surface area contributed by atoms with Gasteiger partial charge in [0.05, 0.1) is 0 Å². The number of anilines is 1. The Morgan fingerprint density at radius 3 is 2.61 bits per heavy atom. The van der Waals surface area contributed by atoms with Crippen molar-refractivity contribution < 1.29 is 4.79 Å². The zero-order valence-corrected chi connectivity index (χ0v) is 10.9. The minimum absolute atomic E-state index is 0.431. The molecule has 4 heteroatoms. The highest BCUT2D eigenvalue weighted by Gasteiger charge is 2.16. The van der Waals surface area contributed by atoms with Crippen molar-refractivity contribution >= 4 is 11.6 Å². The van der Waals surface area contributed by atoms with Crippen molar-refractivity contribution in [2.45, 2.75) is 26.3 Å². The second kappa shape index (κ2) is 5.40. The van der Waals surface area contributed by atoms with Gasteiger partial charge in [0, 0.05) is 17.8 Å². The largest absolute Gasteiger partial charge is 0.398 e. The molecule has 1 aliphatic rings. The average Bonchev–Trinajstić information content (AvgIpc) is 2.34. The quantitative estimate of drug-likeness (QED) is 0.797. The Morgan fingerprint density at radius 2 is 2.06 bits per heavy atom. The van der Waals surface area contributed by atoms with E-state index >= 15 is 0 Å². The lowest BCUT2D eigenvalue weighted by molar-refractivity contribution is 0.100. The number of piperidine rings is 1. The number of likely N-dealkylation sites (tertiary alicyclic amines) is 1. The summed E-state index contributed by atoms with van der Waals surface area (Å²) >= 11 is 0. The van der Waals surface area contributed by atoms with Crippen LogP contribution in [-0.2, 0) is 6.54 Å². The number of primary amides is 1. The van der Waals surface area contributed by atoms with Crippen LogP contribution in [0.1, 0.15) is 35.7 Å². The Hall–Kier alpha value is -1.55. The van der Waals surface area contributed by atoms with Gasteiger partial charge in [-0.3, -0.25) is 9.69 Å². The third kappa shape index (κ3) is 3.01. The fourth-order valence-electron chi connectivity index (χ4n) is 2.35. The van der Waals surface area contributed by atoms with Gasteiger partial charge in [-0.25, -0.2) is 0 Å². The maximum Gasteiger partial charge on any atom is 0.248 e. The number of hydrogen-bond donors (Lipinski definition) is 2. The van der Waals surface area contributed by atoms with Gasteiger partial charge in [0.1, 0.15) is 0 Å². The van der Waals surface area contributed by atoms with Crippen LogP contribution >= 0.6 is 0 Å². The van der Waals surface area contributed by atoms with Gasteiger partial charge < -0.3 is 11.5 Å². The van der Waals surface area contributed by atoms with Crippen molar-refractivity contribution in [1.29, 1.82) is 0 Å². The number of nitrogens with zero attached hydrogens (tertiary/aromatic N) is 1. The molecule has 1 heterocycles. The van der Waals surface area contributed by atoms with Crippen LogP contribution in [-0.4, -0.2) is 23.9 Å². The van der Waals surface area contributed by atoms with Crippen molar-refractivity contribution in [1.82, 2.24) is 4.90 Å². The average molecular weight is 247 g/mol. The van der Waals surface area contributed by atoms with E-state index in [-0.39, 0.29) is 0 Å². The smallest absolute Gasteiger partial charge is 0.248 e. The minimum atomic E-state index is -0.431. The Labute approximate surface area is 108 Å². The summed E-state index contributed by atoms with van der Waals surface area (Å²) in [6.07, 6.45) is 2.50. The monoisotopic (exact) mass is 247 g/mol. The summed E-state index contributed by atoms with van der Waals surface area (Å²) in [5.74, 6) is 0.399. The van der Waals surface area contributed by atoms with Crippen molar-refractivity contribution in [2.75, 3.05) is 18.8 Å². The predicted molar refractivity (Wildman–Crippen MR) is 73.0 cm³/mol. The number of rotatable bonds is 3. The first-order valence-electron chi connectivity index (χ1n) is 6.47. The highest BCUT2D eigenvalue weighted by atomic mass is 16.1. The molecule has 0 aromatic heterocycles. The molecule has 1 amide bonds. The lowest BCUT2D eigenvalue weighted by atomic mass is 9.98. The van der Waals surface area contributed by atoms with Gasteiger partial charge in [-0.1, -0.05) is 13.0 Å². The van der Waals surface area contributed by atoms with Gasteiger partial charge in [0.15, 0.2) is 0 Å². The number of benzene rings is 1. The van der Waals surface area contributed by atoms with Crippen molar-refractivity contribution in [3.63, 3.8) is 0 Å². The molecule has 1 saturated heterocycles. The molecular weight excluding hydrogens is 226 g/mol. The summed E-state index contributed by atoms with van der Waals surface area (Å²) < 4.78 is 0. The highest BCUT2D eigenvalue weighted by Crippen LogP contribution is 2.21. The molecule has 1 aromatic rings. The maximum atomic E-state index is 11.0. The first-order valence-corrected chi connectivity index (χ1v) is 6.47. The second-order valence-corrected chi connectivity index (χ2v) is 5.24. The summed E-state index contributed by atoms with van der Waals surface area (Å²) in [6, 6.07) is 5.33. The Kier molecular flexibility index (Phi) is 3.87. The van der Waals surface area contributed by atoms with E-state index in [1.54, 1.807) is 12.1 Å². The molecule has 1 aromatic carbocycles. The molecule has 18 heavy (non-hydrogen) atoms. The zero-order chi connectivity index (χ0) is 13.1. The van der Waals surface area contributed by atoms with E-state index in [2.05, 4.69) is 11.8 Å². The lowest BCUT2D eigenvalue weighted by Crippen LogP contribution is -2.32. The molecule has 0 atom stereocenters. The number of carbonyl (C=O) groups excluding carboxylic acids is 1. The molecule has 0 unspecified atom stereocenters. The summed E-state index contributed by atoms with van der Waals surface area (Å²) in [5, 5.41) is 0. The number of hydrogen-bond acceptors (Lipinski definition) is 3. The van der Waals surface area contributed by atoms with Gasteiger partial charge in [-0.2, -0.15) is 0 Å². The Morgan fingerprint density at radius 1 is 1.39 bits per heavy atom.